The van der Waals surface area contributed by atoms with Gasteiger partial charge in [-0.2, -0.15) is 0 Å². The normalized spacial score (nSPS) is 12.2. The second kappa shape index (κ2) is 5.50. The Kier molecular flexibility index (Phi) is 3.78. The molecule has 2 heteroatoms. The molecule has 0 aliphatic carbocycles. The molecule has 1 N–H and O–H groups in total. The van der Waals surface area contributed by atoms with E-state index in [4.69, 9.17) is 0 Å². The highest BCUT2D eigenvalue weighted by molar-refractivity contribution is 5.86. The monoisotopic (exact) mass is 240 g/mol. The summed E-state index contributed by atoms with van der Waals surface area (Å²) >= 11 is 0. The van der Waals surface area contributed by atoms with Crippen molar-refractivity contribution in [1.82, 2.24) is 0 Å². The minimum atomic E-state index is -0.761. The van der Waals surface area contributed by atoms with Gasteiger partial charge in [0.15, 0.2) is 0 Å². The third kappa shape index (κ3) is 2.59. The van der Waals surface area contributed by atoms with Gasteiger partial charge < -0.3 is 5.11 Å². The van der Waals surface area contributed by atoms with E-state index in [-0.39, 0.29) is 0 Å². The maximum Gasteiger partial charge on any atom is 0.307 e. The molecule has 0 spiro atoms. The van der Waals surface area contributed by atoms with Crippen LogP contribution in [-0.2, 0) is 11.2 Å². The number of carboxylic acid groups (broad SMARTS) is 1. The van der Waals surface area contributed by atoms with Gasteiger partial charge in [-0.3, -0.25) is 4.79 Å². The minimum Gasteiger partial charge on any atom is -0.481 e. The zero-order valence-electron chi connectivity index (χ0n) is 10.2. The molecule has 0 saturated carbocycles. The van der Waals surface area contributed by atoms with Crippen LogP contribution in [0.15, 0.2) is 55.1 Å². The number of carboxylic acids is 1. The zero-order chi connectivity index (χ0) is 13.0. The summed E-state index contributed by atoms with van der Waals surface area (Å²) in [4.78, 5) is 11.2. The van der Waals surface area contributed by atoms with Crippen molar-refractivity contribution in [3.63, 3.8) is 0 Å². The molecule has 0 bridgehead atoms. The third-order valence-corrected chi connectivity index (χ3v) is 3.15. The molecule has 2 rings (SSSR count). The Labute approximate surface area is 107 Å². The van der Waals surface area contributed by atoms with Crippen LogP contribution in [-0.4, -0.2) is 11.1 Å². The summed E-state index contributed by atoms with van der Waals surface area (Å²) in [5.74, 6) is -1.16. The first-order valence-corrected chi connectivity index (χ1v) is 6.02. The van der Waals surface area contributed by atoms with Gasteiger partial charge in [0.1, 0.15) is 0 Å². The average Bonchev–Trinajstić information content (AvgIpc) is 2.38. The number of aliphatic carboxylic acids is 1. The van der Waals surface area contributed by atoms with Crippen molar-refractivity contribution in [2.45, 2.75) is 12.8 Å². The minimum absolute atomic E-state index is 0.395. The van der Waals surface area contributed by atoms with Gasteiger partial charge in [0.05, 0.1) is 5.92 Å². The van der Waals surface area contributed by atoms with E-state index in [0.29, 0.717) is 12.8 Å². The van der Waals surface area contributed by atoms with E-state index >= 15 is 0 Å². The van der Waals surface area contributed by atoms with Gasteiger partial charge >= 0.3 is 5.97 Å². The molecule has 2 aromatic carbocycles. The van der Waals surface area contributed by atoms with E-state index in [1.807, 2.05) is 42.5 Å². The summed E-state index contributed by atoms with van der Waals surface area (Å²) in [6, 6.07) is 14.1. The Bertz CT molecular complexity index is 567. The predicted octanol–water partition coefficient (Wildman–Crippen LogP) is 3.66. The summed E-state index contributed by atoms with van der Waals surface area (Å²) in [6.07, 6.45) is 2.71. The Morgan fingerprint density at radius 3 is 2.67 bits per heavy atom. The van der Waals surface area contributed by atoms with Crippen LogP contribution in [0.25, 0.3) is 10.8 Å². The van der Waals surface area contributed by atoms with Crippen LogP contribution in [0.3, 0.4) is 0 Å². The predicted molar refractivity (Wildman–Crippen MR) is 73.6 cm³/mol. The lowest BCUT2D eigenvalue weighted by molar-refractivity contribution is -0.141. The number of benzene rings is 2. The van der Waals surface area contributed by atoms with Gasteiger partial charge in [-0.05, 0) is 29.2 Å². The number of fused-ring (bicyclic) bond motifs is 1. The zero-order valence-corrected chi connectivity index (χ0v) is 10.2. The fourth-order valence-electron chi connectivity index (χ4n) is 2.21. The quantitative estimate of drug-likeness (QED) is 0.810. The fraction of sp³-hybridized carbons (Fsp3) is 0.188. The highest BCUT2D eigenvalue weighted by Gasteiger charge is 2.17. The molecule has 92 valence electrons. The maximum absolute atomic E-state index is 11.2. The largest absolute Gasteiger partial charge is 0.481 e. The Balaban J connectivity index is 2.36. The lowest BCUT2D eigenvalue weighted by Gasteiger charge is -2.12. The smallest absolute Gasteiger partial charge is 0.307 e. The molecule has 0 aromatic heterocycles. The van der Waals surface area contributed by atoms with E-state index < -0.39 is 11.9 Å². The lowest BCUT2D eigenvalue weighted by Crippen LogP contribution is -2.15. The highest BCUT2D eigenvalue weighted by atomic mass is 16.4. The van der Waals surface area contributed by atoms with E-state index in [9.17, 15) is 9.90 Å². The fourth-order valence-corrected chi connectivity index (χ4v) is 2.21. The number of rotatable bonds is 5. The van der Waals surface area contributed by atoms with Crippen molar-refractivity contribution in [1.29, 1.82) is 0 Å². The lowest BCUT2D eigenvalue weighted by atomic mass is 9.93. The summed E-state index contributed by atoms with van der Waals surface area (Å²) in [5.41, 5.74) is 1.09. The van der Waals surface area contributed by atoms with Crippen molar-refractivity contribution < 1.29 is 9.90 Å². The summed E-state index contributed by atoms with van der Waals surface area (Å²) in [7, 11) is 0. The van der Waals surface area contributed by atoms with Gasteiger partial charge in [-0.25, -0.2) is 0 Å². The molecule has 0 saturated heterocycles. The summed E-state index contributed by atoms with van der Waals surface area (Å²) in [5, 5.41) is 11.5. The highest BCUT2D eigenvalue weighted by Crippen LogP contribution is 2.22. The molecule has 0 aliphatic rings. The van der Waals surface area contributed by atoms with Crippen LogP contribution in [0.5, 0.6) is 0 Å². The average molecular weight is 240 g/mol. The van der Waals surface area contributed by atoms with E-state index in [0.717, 1.165) is 16.3 Å². The summed E-state index contributed by atoms with van der Waals surface area (Å²) in [6.45, 7) is 3.62. The Hall–Kier alpha value is -2.09. The Morgan fingerprint density at radius 1 is 1.22 bits per heavy atom. The first-order valence-electron chi connectivity index (χ1n) is 6.02. The van der Waals surface area contributed by atoms with Gasteiger partial charge in [0.2, 0.25) is 0 Å². The molecule has 18 heavy (non-hydrogen) atoms. The van der Waals surface area contributed by atoms with Crippen molar-refractivity contribution in [3.8, 4) is 0 Å². The third-order valence-electron chi connectivity index (χ3n) is 3.15. The summed E-state index contributed by atoms with van der Waals surface area (Å²) < 4.78 is 0. The van der Waals surface area contributed by atoms with E-state index in [1.54, 1.807) is 6.08 Å². The van der Waals surface area contributed by atoms with Crippen LogP contribution in [0.4, 0.5) is 0 Å². The molecule has 0 heterocycles. The molecule has 2 aromatic rings. The van der Waals surface area contributed by atoms with Gasteiger partial charge in [-0.1, -0.05) is 48.5 Å². The maximum atomic E-state index is 11.2. The van der Waals surface area contributed by atoms with Crippen LogP contribution >= 0.6 is 0 Å². The molecule has 0 radical (unpaired) electrons. The van der Waals surface area contributed by atoms with Gasteiger partial charge in [0, 0.05) is 0 Å². The number of hydrogen-bond acceptors (Lipinski definition) is 1. The molecule has 0 unspecified atom stereocenters. The second-order valence-electron chi connectivity index (χ2n) is 4.40. The first-order chi connectivity index (χ1) is 8.72. The van der Waals surface area contributed by atoms with Crippen LogP contribution in [0.1, 0.15) is 12.0 Å². The number of allylic oxidation sites excluding steroid dienone is 1. The van der Waals surface area contributed by atoms with E-state index in [1.165, 1.54) is 0 Å². The van der Waals surface area contributed by atoms with Crippen molar-refractivity contribution in [2.24, 2.45) is 5.92 Å². The number of hydrogen-bond donors (Lipinski definition) is 1. The standard InChI is InChI=1S/C16H16O2/c1-2-6-14(16(17)18)11-13-9-5-8-12-7-3-4-10-15(12)13/h2-5,7-10,14H,1,6,11H2,(H,17,18)/t14-/m1/s1. The van der Waals surface area contributed by atoms with Crippen LogP contribution < -0.4 is 0 Å². The topological polar surface area (TPSA) is 37.3 Å². The second-order valence-corrected chi connectivity index (χ2v) is 4.40. The van der Waals surface area contributed by atoms with Gasteiger partial charge in [0.25, 0.3) is 0 Å². The van der Waals surface area contributed by atoms with Crippen molar-refractivity contribution in [2.75, 3.05) is 0 Å². The molecular formula is C16H16O2. The molecular weight excluding hydrogens is 224 g/mol. The molecule has 1 atom stereocenters. The van der Waals surface area contributed by atoms with Crippen molar-refractivity contribution in [3.05, 3.63) is 60.7 Å². The van der Waals surface area contributed by atoms with Crippen LogP contribution in [0, 0.1) is 5.92 Å². The molecule has 0 aliphatic heterocycles. The molecule has 0 amide bonds. The first kappa shape index (κ1) is 12.4. The molecule has 0 fully saturated rings. The SMILES string of the molecule is C=CC[C@H](Cc1cccc2ccccc12)C(=O)O. The van der Waals surface area contributed by atoms with Crippen LogP contribution in [0.2, 0.25) is 0 Å². The Morgan fingerprint density at radius 2 is 1.94 bits per heavy atom. The van der Waals surface area contributed by atoms with Gasteiger partial charge in [-0.15, -0.1) is 6.58 Å². The van der Waals surface area contributed by atoms with Crippen molar-refractivity contribution >= 4 is 16.7 Å². The number of carbonyl (C=O) groups is 1. The molecule has 2 nitrogen and oxygen atoms in total. The van der Waals surface area contributed by atoms with E-state index in [2.05, 4.69) is 6.58 Å².